The number of rotatable bonds is 2. The number of benzene rings is 1. The van der Waals surface area contributed by atoms with Crippen LogP contribution in [-0.2, 0) is 14.9 Å². The lowest BCUT2D eigenvalue weighted by atomic mass is 9.85. The summed E-state index contributed by atoms with van der Waals surface area (Å²) in [6.45, 7) is 30.2. The molecule has 0 atom stereocenters. The van der Waals surface area contributed by atoms with Crippen LogP contribution in [0.1, 0.15) is 101 Å². The Bertz CT molecular complexity index is 554. The predicted octanol–water partition coefficient (Wildman–Crippen LogP) is 8.61. The van der Waals surface area contributed by atoms with Crippen molar-refractivity contribution >= 4 is 11.5 Å². The van der Waals surface area contributed by atoms with Gasteiger partial charge in [0.05, 0.1) is 7.11 Å². The van der Waals surface area contributed by atoms with Gasteiger partial charge in [0.1, 0.15) is 0 Å². The SMILES string of the molecule is C=C(C)c1cccc(C(C)(C)C)c1.CC.CC.CC.COC(=O)C(C)=C(C)C. The van der Waals surface area contributed by atoms with Crippen molar-refractivity contribution in [3.05, 3.63) is 53.1 Å². The minimum absolute atomic E-state index is 0.228. The van der Waals surface area contributed by atoms with Crippen molar-refractivity contribution in [2.75, 3.05) is 7.11 Å². The molecule has 0 radical (unpaired) electrons. The van der Waals surface area contributed by atoms with Crippen molar-refractivity contribution in [2.45, 2.75) is 95.4 Å². The lowest BCUT2D eigenvalue weighted by Crippen LogP contribution is -2.10. The van der Waals surface area contributed by atoms with Crippen molar-refractivity contribution in [3.63, 3.8) is 0 Å². The Hall–Kier alpha value is -1.83. The van der Waals surface area contributed by atoms with Crippen molar-refractivity contribution in [1.82, 2.24) is 0 Å². The van der Waals surface area contributed by atoms with Gasteiger partial charge in [-0.25, -0.2) is 4.79 Å². The smallest absolute Gasteiger partial charge is 0.333 e. The summed E-state index contributed by atoms with van der Waals surface area (Å²) in [6.07, 6.45) is 0. The maximum absolute atomic E-state index is 10.7. The van der Waals surface area contributed by atoms with Gasteiger partial charge in [0.2, 0.25) is 0 Å². The van der Waals surface area contributed by atoms with Crippen LogP contribution in [-0.4, -0.2) is 13.1 Å². The Labute approximate surface area is 177 Å². The lowest BCUT2D eigenvalue weighted by molar-refractivity contribution is -0.136. The second-order valence-corrected chi connectivity index (χ2v) is 6.73. The zero-order chi connectivity index (χ0) is 23.5. The summed E-state index contributed by atoms with van der Waals surface area (Å²) < 4.78 is 4.48. The van der Waals surface area contributed by atoms with Crippen molar-refractivity contribution < 1.29 is 9.53 Å². The second-order valence-electron chi connectivity index (χ2n) is 6.73. The Kier molecular flexibility index (Phi) is 24.0. The van der Waals surface area contributed by atoms with E-state index in [1.165, 1.54) is 18.2 Å². The first-order valence-corrected chi connectivity index (χ1v) is 10.5. The van der Waals surface area contributed by atoms with Crippen LogP contribution in [0.3, 0.4) is 0 Å². The number of methoxy groups -OCH3 is 1. The molecule has 0 fully saturated rings. The zero-order valence-corrected chi connectivity index (χ0v) is 21.3. The molecule has 0 heterocycles. The van der Waals surface area contributed by atoms with Gasteiger partial charge in [0, 0.05) is 5.57 Å². The minimum Gasteiger partial charge on any atom is -0.466 e. The molecule has 0 aromatic heterocycles. The maximum atomic E-state index is 10.7. The standard InChI is InChI=1S/C13H18.C7H12O2.3C2H6/c1-10(2)11-7-6-8-12(9-11)13(3,4)5;1-5(2)6(3)7(8)9-4;3*1-2/h6-9H,1H2,2-5H3;1-4H3;3*1-2H3. The summed E-state index contributed by atoms with van der Waals surface area (Å²) in [5, 5.41) is 0. The van der Waals surface area contributed by atoms with Crippen LogP contribution in [0.4, 0.5) is 0 Å². The summed E-state index contributed by atoms with van der Waals surface area (Å²) >= 11 is 0. The van der Waals surface area contributed by atoms with Crippen LogP contribution in [0.15, 0.2) is 42.0 Å². The normalized spacial score (nSPS) is 8.64. The molecule has 28 heavy (non-hydrogen) atoms. The van der Waals surface area contributed by atoms with E-state index in [-0.39, 0.29) is 11.4 Å². The Morgan fingerprint density at radius 3 is 1.57 bits per heavy atom. The first kappa shape index (κ1) is 33.7. The number of carbonyl (C=O) groups is 1. The molecule has 164 valence electrons. The molecule has 0 spiro atoms. The number of ether oxygens (including phenoxy) is 1. The van der Waals surface area contributed by atoms with E-state index in [4.69, 9.17) is 0 Å². The Balaban J connectivity index is -0.000000168. The molecule has 1 aromatic rings. The summed E-state index contributed by atoms with van der Waals surface area (Å²) in [4.78, 5) is 10.7. The van der Waals surface area contributed by atoms with Gasteiger partial charge in [-0.2, -0.15) is 0 Å². The molecule has 0 aliphatic carbocycles. The average molecular weight is 393 g/mol. The van der Waals surface area contributed by atoms with Crippen LogP contribution in [0.5, 0.6) is 0 Å². The Morgan fingerprint density at radius 2 is 1.32 bits per heavy atom. The highest BCUT2D eigenvalue weighted by atomic mass is 16.5. The minimum atomic E-state index is -0.241. The highest BCUT2D eigenvalue weighted by molar-refractivity contribution is 5.88. The third kappa shape index (κ3) is 16.4. The van der Waals surface area contributed by atoms with E-state index in [0.29, 0.717) is 5.57 Å². The molecule has 0 N–H and O–H groups in total. The fourth-order valence-corrected chi connectivity index (χ4v) is 1.61. The van der Waals surface area contributed by atoms with E-state index in [1.807, 2.05) is 62.3 Å². The first-order chi connectivity index (χ1) is 13.0. The molecule has 1 aromatic carbocycles. The van der Waals surface area contributed by atoms with Gasteiger partial charge in [-0.1, -0.05) is 104 Å². The zero-order valence-electron chi connectivity index (χ0n) is 21.3. The highest BCUT2D eigenvalue weighted by Gasteiger charge is 2.13. The summed E-state index contributed by atoms with van der Waals surface area (Å²) in [7, 11) is 1.38. The van der Waals surface area contributed by atoms with Gasteiger partial charge in [0.25, 0.3) is 0 Å². The molecular weight excluding hydrogens is 344 g/mol. The van der Waals surface area contributed by atoms with Crippen LogP contribution >= 0.6 is 0 Å². The van der Waals surface area contributed by atoms with Crippen molar-refractivity contribution in [2.24, 2.45) is 0 Å². The van der Waals surface area contributed by atoms with E-state index in [9.17, 15) is 4.79 Å². The molecule has 0 bridgehead atoms. The van der Waals surface area contributed by atoms with Crippen molar-refractivity contribution in [1.29, 1.82) is 0 Å². The van der Waals surface area contributed by atoms with Crippen molar-refractivity contribution in [3.8, 4) is 0 Å². The third-order valence-corrected chi connectivity index (χ3v) is 3.46. The first-order valence-electron chi connectivity index (χ1n) is 10.5. The molecule has 0 saturated heterocycles. The van der Waals surface area contributed by atoms with Gasteiger partial charge in [-0.3, -0.25) is 0 Å². The third-order valence-electron chi connectivity index (χ3n) is 3.46. The van der Waals surface area contributed by atoms with Gasteiger partial charge in [0.15, 0.2) is 0 Å². The van der Waals surface area contributed by atoms with E-state index >= 15 is 0 Å². The summed E-state index contributed by atoms with van der Waals surface area (Å²) in [5.41, 5.74) is 5.66. The highest BCUT2D eigenvalue weighted by Crippen LogP contribution is 2.24. The summed E-state index contributed by atoms with van der Waals surface area (Å²) in [5.74, 6) is -0.241. The van der Waals surface area contributed by atoms with Crippen LogP contribution in [0, 0.1) is 0 Å². The molecule has 0 aliphatic rings. The fourth-order valence-electron chi connectivity index (χ4n) is 1.61. The predicted molar refractivity (Wildman–Crippen MR) is 130 cm³/mol. The number of hydrogen-bond acceptors (Lipinski definition) is 2. The fraction of sp³-hybridized carbons (Fsp3) is 0.577. The number of esters is 1. The molecule has 2 nitrogen and oxygen atoms in total. The average Bonchev–Trinajstić information content (AvgIpc) is 2.71. The molecule has 2 heteroatoms. The number of hydrogen-bond donors (Lipinski definition) is 0. The van der Waals surface area contributed by atoms with Crippen LogP contribution in [0.2, 0.25) is 0 Å². The molecule has 1 rings (SSSR count). The van der Waals surface area contributed by atoms with E-state index in [1.54, 1.807) is 6.92 Å². The summed E-state index contributed by atoms with van der Waals surface area (Å²) in [6, 6.07) is 8.61. The largest absolute Gasteiger partial charge is 0.466 e. The number of allylic oxidation sites excluding steroid dienone is 2. The number of carbonyl (C=O) groups excluding carboxylic acids is 1. The topological polar surface area (TPSA) is 26.3 Å². The molecule has 0 saturated carbocycles. The monoisotopic (exact) mass is 392 g/mol. The van der Waals surface area contributed by atoms with Gasteiger partial charge < -0.3 is 4.74 Å². The molecule has 0 amide bonds. The van der Waals surface area contributed by atoms with E-state index in [0.717, 1.165) is 11.1 Å². The quantitative estimate of drug-likeness (QED) is 0.372. The maximum Gasteiger partial charge on any atom is 0.333 e. The molecular formula is C26H48O2. The van der Waals surface area contributed by atoms with E-state index < -0.39 is 0 Å². The Morgan fingerprint density at radius 1 is 0.893 bits per heavy atom. The van der Waals surface area contributed by atoms with Crippen LogP contribution in [0.25, 0.3) is 5.57 Å². The van der Waals surface area contributed by atoms with Gasteiger partial charge in [-0.15, -0.1) is 0 Å². The van der Waals surface area contributed by atoms with Crippen LogP contribution < -0.4 is 0 Å². The van der Waals surface area contributed by atoms with Gasteiger partial charge in [-0.05, 0) is 44.2 Å². The second kappa shape index (κ2) is 19.9. The van der Waals surface area contributed by atoms with E-state index in [2.05, 4.69) is 56.4 Å². The molecule has 0 unspecified atom stereocenters. The lowest BCUT2D eigenvalue weighted by Gasteiger charge is -2.19. The molecule has 0 aliphatic heterocycles. The van der Waals surface area contributed by atoms with Gasteiger partial charge >= 0.3 is 5.97 Å².